The van der Waals surface area contributed by atoms with Crippen molar-refractivity contribution in [3.63, 3.8) is 0 Å². The van der Waals surface area contributed by atoms with E-state index in [4.69, 9.17) is 49.3 Å². The number of hydrogen-bond acceptors (Lipinski definition) is 10. The number of H-pyrrole nitrogens is 2. The van der Waals surface area contributed by atoms with Gasteiger partial charge in [-0.05, 0) is 196 Å². The lowest BCUT2D eigenvalue weighted by molar-refractivity contribution is -0.138. The Morgan fingerprint density at radius 3 is 0.786 bits per heavy atom. The number of aromatic nitrogens is 4. The molecule has 0 fully saturated rings. The zero-order chi connectivity index (χ0) is 58.6. The van der Waals surface area contributed by atoms with Gasteiger partial charge >= 0.3 is 23.9 Å². The highest BCUT2D eigenvalue weighted by Gasteiger charge is 2.21. The van der Waals surface area contributed by atoms with Crippen LogP contribution >= 0.6 is 0 Å². The monoisotopic (exact) mass is 1130 g/mol. The minimum Gasteiger partial charge on any atom is -0.494 e. The third-order valence-electron chi connectivity index (χ3n) is 14.5. The molecular weight excluding hydrogens is 1060 g/mol. The van der Waals surface area contributed by atoms with Crippen LogP contribution in [0, 0.1) is 0 Å². The normalized spacial score (nSPS) is 11.6. The summed E-state index contributed by atoms with van der Waals surface area (Å²) in [6.07, 6.45) is 16.6. The maximum Gasteiger partial charge on any atom is 0.303 e. The number of aromatic amines is 2. The largest absolute Gasteiger partial charge is 0.494 e. The van der Waals surface area contributed by atoms with Gasteiger partial charge < -0.3 is 49.3 Å². The Bertz CT molecular complexity index is 3240. The fourth-order valence-corrected chi connectivity index (χ4v) is 10.4. The van der Waals surface area contributed by atoms with E-state index in [0.29, 0.717) is 124 Å². The average molecular weight is 1140 g/mol. The van der Waals surface area contributed by atoms with Crippen molar-refractivity contribution in [3.05, 3.63) is 144 Å². The fraction of sp³-hybridized carbons (Fsp3) is 0.294. The molecule has 2 aliphatic heterocycles. The number of carboxylic acids is 4. The van der Waals surface area contributed by atoms with E-state index in [-0.39, 0.29) is 25.7 Å². The molecule has 0 aliphatic carbocycles. The zero-order valence-corrected chi connectivity index (χ0v) is 46.9. The Morgan fingerprint density at radius 1 is 0.321 bits per heavy atom. The molecule has 8 bridgehead atoms. The van der Waals surface area contributed by atoms with Crippen LogP contribution in [0.15, 0.2) is 121 Å². The van der Waals surface area contributed by atoms with Gasteiger partial charge in [-0.1, -0.05) is 48.5 Å². The topological polar surface area (TPSA) is 243 Å². The van der Waals surface area contributed by atoms with Gasteiger partial charge in [-0.15, -0.1) is 0 Å². The average Bonchev–Trinajstić information content (AvgIpc) is 3.44. The van der Waals surface area contributed by atoms with E-state index in [1.54, 1.807) is 0 Å². The number of rotatable bonds is 32. The number of carbonyl (C=O) groups is 4. The molecule has 0 atom stereocenters. The molecular formula is C68H70N4O12. The molecule has 5 heterocycles. The molecule has 7 aromatic rings. The quantitative estimate of drug-likeness (QED) is 0.0215. The molecule has 3 aromatic heterocycles. The van der Waals surface area contributed by atoms with Crippen LogP contribution in [0.3, 0.4) is 0 Å². The summed E-state index contributed by atoms with van der Waals surface area (Å²) in [4.78, 5) is 63.2. The Labute approximate surface area is 487 Å². The Morgan fingerprint density at radius 2 is 0.560 bits per heavy atom. The molecule has 6 N–H and O–H groups in total. The fourth-order valence-electron chi connectivity index (χ4n) is 10.4. The van der Waals surface area contributed by atoms with Gasteiger partial charge in [0.2, 0.25) is 0 Å². The predicted molar refractivity (Wildman–Crippen MR) is 327 cm³/mol. The second-order valence-electron chi connectivity index (χ2n) is 20.8. The van der Waals surface area contributed by atoms with Crippen LogP contribution in [0.2, 0.25) is 0 Å². The van der Waals surface area contributed by atoms with Gasteiger partial charge in [0.05, 0.1) is 49.2 Å². The minimum absolute atomic E-state index is 0.117. The number of benzene rings is 4. The number of hydrogen-bond donors (Lipinski definition) is 6. The number of fused-ring (bicyclic) bond motifs is 8. The lowest BCUT2D eigenvalue weighted by Gasteiger charge is -2.11. The molecule has 434 valence electrons. The Balaban J connectivity index is 1.23. The first-order valence-corrected chi connectivity index (χ1v) is 28.9. The van der Waals surface area contributed by atoms with Crippen molar-refractivity contribution >= 4 is 70.2 Å². The molecule has 9 rings (SSSR count). The lowest BCUT2D eigenvalue weighted by atomic mass is 10.0. The van der Waals surface area contributed by atoms with E-state index < -0.39 is 23.9 Å². The van der Waals surface area contributed by atoms with Crippen LogP contribution in [-0.2, 0) is 19.2 Å². The van der Waals surface area contributed by atoms with Crippen LogP contribution in [0.1, 0.15) is 126 Å². The predicted octanol–water partition coefficient (Wildman–Crippen LogP) is 15.4. The highest BCUT2D eigenvalue weighted by atomic mass is 16.5. The number of unbranched alkanes of at least 4 members (excludes halogenated alkanes) is 8. The van der Waals surface area contributed by atoms with Gasteiger partial charge in [0.15, 0.2) is 0 Å². The second kappa shape index (κ2) is 29.5. The number of aliphatic carboxylic acids is 4. The summed E-state index contributed by atoms with van der Waals surface area (Å²) < 4.78 is 25.2. The molecule has 16 nitrogen and oxygen atoms in total. The lowest BCUT2D eigenvalue weighted by Crippen LogP contribution is -1.99. The molecule has 0 amide bonds. The van der Waals surface area contributed by atoms with E-state index in [1.165, 1.54) is 0 Å². The third-order valence-corrected chi connectivity index (χ3v) is 14.5. The van der Waals surface area contributed by atoms with Crippen LogP contribution in [0.5, 0.6) is 23.0 Å². The zero-order valence-electron chi connectivity index (χ0n) is 46.9. The number of nitrogens with zero attached hydrogens (tertiary/aromatic N) is 2. The smallest absolute Gasteiger partial charge is 0.303 e. The van der Waals surface area contributed by atoms with E-state index in [2.05, 4.69) is 9.97 Å². The summed E-state index contributed by atoms with van der Waals surface area (Å²) in [5.41, 5.74) is 12.5. The van der Waals surface area contributed by atoms with E-state index in [9.17, 15) is 19.2 Å². The SMILES string of the molecule is O=C(O)CCCCCOc1cccc(-c2c3nc(c(-c4cccc(OCCCCCC(=O)O)c4)c4ccc([nH]4)c(-c4cccc(OCCCCCC(=O)O)c4)c4nc(c(-c5cccc(OCCCCCC(=O)O)c5)c5ccc2[nH]5)C=C4)C=C3)c1. The second-order valence-corrected chi connectivity index (χ2v) is 20.8. The molecule has 0 saturated carbocycles. The van der Waals surface area contributed by atoms with Crippen molar-refractivity contribution in [3.8, 4) is 67.5 Å². The summed E-state index contributed by atoms with van der Waals surface area (Å²) in [7, 11) is 0. The summed E-state index contributed by atoms with van der Waals surface area (Å²) in [5.74, 6) is -0.615. The van der Waals surface area contributed by atoms with Crippen LogP contribution in [0.4, 0.5) is 0 Å². The van der Waals surface area contributed by atoms with Crippen molar-refractivity contribution < 1.29 is 58.6 Å². The van der Waals surface area contributed by atoms with Crippen LogP contribution in [-0.4, -0.2) is 90.7 Å². The van der Waals surface area contributed by atoms with Gasteiger partial charge in [0.25, 0.3) is 0 Å². The van der Waals surface area contributed by atoms with E-state index >= 15 is 0 Å². The summed E-state index contributed by atoms with van der Waals surface area (Å²) in [5, 5.41) is 36.6. The first-order chi connectivity index (χ1) is 40.9. The van der Waals surface area contributed by atoms with Gasteiger partial charge in [0.1, 0.15) is 23.0 Å². The minimum atomic E-state index is -0.811. The summed E-state index contributed by atoms with van der Waals surface area (Å²) in [6, 6.07) is 39.8. The molecule has 4 aromatic carbocycles. The number of nitrogens with one attached hydrogen (secondary N) is 2. The first-order valence-electron chi connectivity index (χ1n) is 28.9. The van der Waals surface area contributed by atoms with Crippen molar-refractivity contribution in [2.75, 3.05) is 26.4 Å². The van der Waals surface area contributed by atoms with Crippen LogP contribution < -0.4 is 18.9 Å². The molecule has 0 saturated heterocycles. The van der Waals surface area contributed by atoms with Crippen molar-refractivity contribution in [2.24, 2.45) is 0 Å². The van der Waals surface area contributed by atoms with Gasteiger partial charge in [-0.25, -0.2) is 9.97 Å². The van der Waals surface area contributed by atoms with Gasteiger partial charge in [0, 0.05) is 70.0 Å². The standard InChI is InChI=1S/C68H70N4O12/c73-61(74)25-5-1-9-37-81-49-21-13-17-45(41-49)65-53-29-31-55(69-53)66(46-18-14-22-50(42-46)82-38-10-2-6-26-62(75)76)57-33-35-59(71-57)68(48-20-16-24-52(44-48)84-40-12-4-8-28-64(79)80)60-36-34-58(72-60)67(56-32-30-54(65)70-56)47-19-15-23-51(43-47)83-39-11-3-7-27-63(77)78/h13-24,29-36,41-44,69,72H,1-12,25-28,37-40H2,(H,73,74)(H,75,76)(H,77,78)(H,79,80). The molecule has 0 unspecified atom stereocenters. The third kappa shape index (κ3) is 16.4. The number of ether oxygens (including phenoxy) is 4. The Kier molecular flexibility index (Phi) is 20.8. The maximum atomic E-state index is 11.2. The highest BCUT2D eigenvalue weighted by molar-refractivity contribution is 6.00. The van der Waals surface area contributed by atoms with E-state index in [1.807, 2.05) is 146 Å². The van der Waals surface area contributed by atoms with E-state index in [0.717, 1.165) is 92.3 Å². The molecule has 0 spiro atoms. The summed E-state index contributed by atoms with van der Waals surface area (Å²) in [6.45, 7) is 1.68. The molecule has 84 heavy (non-hydrogen) atoms. The van der Waals surface area contributed by atoms with Crippen molar-refractivity contribution in [1.29, 1.82) is 0 Å². The van der Waals surface area contributed by atoms with Gasteiger partial charge in [-0.3, -0.25) is 19.2 Å². The summed E-state index contributed by atoms with van der Waals surface area (Å²) >= 11 is 0. The first kappa shape index (κ1) is 59.2. The highest BCUT2D eigenvalue weighted by Crippen LogP contribution is 2.40. The molecule has 16 heteroatoms. The van der Waals surface area contributed by atoms with Crippen molar-refractivity contribution in [1.82, 2.24) is 19.9 Å². The Hall–Kier alpha value is -9.44. The van der Waals surface area contributed by atoms with Crippen LogP contribution in [0.25, 0.3) is 90.9 Å². The number of carboxylic acid groups (broad SMARTS) is 4. The van der Waals surface area contributed by atoms with Crippen molar-refractivity contribution in [2.45, 2.75) is 103 Å². The molecule has 0 radical (unpaired) electrons. The maximum absolute atomic E-state index is 11.2. The van der Waals surface area contributed by atoms with Gasteiger partial charge in [-0.2, -0.15) is 0 Å². The molecule has 2 aliphatic rings.